The van der Waals surface area contributed by atoms with E-state index in [4.69, 9.17) is 0 Å². The number of anilines is 6. The molecule has 10 aromatic carbocycles. The predicted octanol–water partition coefficient (Wildman–Crippen LogP) is 15.4. The van der Waals surface area contributed by atoms with Gasteiger partial charge in [0.25, 0.3) is 0 Å². The van der Waals surface area contributed by atoms with Crippen LogP contribution in [0.1, 0.15) is 0 Å². The molecule has 0 aromatic heterocycles. The van der Waals surface area contributed by atoms with E-state index in [0.717, 1.165) is 34.1 Å². The molecular formula is C54H38N2. The largest absolute Gasteiger partial charge is 0.311 e. The second-order valence-corrected chi connectivity index (χ2v) is 14.1. The van der Waals surface area contributed by atoms with Gasteiger partial charge < -0.3 is 9.80 Å². The first-order valence-corrected chi connectivity index (χ1v) is 19.2. The van der Waals surface area contributed by atoms with Crippen LogP contribution in [0.5, 0.6) is 0 Å². The summed E-state index contributed by atoms with van der Waals surface area (Å²) in [6, 6.07) is 83.0. The second kappa shape index (κ2) is 14.4. The van der Waals surface area contributed by atoms with Crippen molar-refractivity contribution in [2.75, 3.05) is 9.80 Å². The average molecular weight is 715 g/mol. The maximum absolute atomic E-state index is 2.38. The molecule has 10 rings (SSSR count). The maximum atomic E-state index is 2.38. The van der Waals surface area contributed by atoms with Gasteiger partial charge in [-0.2, -0.15) is 0 Å². The summed E-state index contributed by atoms with van der Waals surface area (Å²) in [5.74, 6) is 0. The zero-order chi connectivity index (χ0) is 37.3. The number of hydrogen-bond acceptors (Lipinski definition) is 2. The van der Waals surface area contributed by atoms with E-state index in [9.17, 15) is 0 Å². The second-order valence-electron chi connectivity index (χ2n) is 14.1. The van der Waals surface area contributed by atoms with Crippen molar-refractivity contribution in [3.8, 4) is 22.3 Å². The molecule has 0 aliphatic heterocycles. The molecule has 0 N–H and O–H groups in total. The molecule has 10 aromatic rings. The highest BCUT2D eigenvalue weighted by Gasteiger charge is 2.19. The zero-order valence-corrected chi connectivity index (χ0v) is 30.8. The van der Waals surface area contributed by atoms with Crippen molar-refractivity contribution in [3.05, 3.63) is 231 Å². The summed E-state index contributed by atoms with van der Waals surface area (Å²) < 4.78 is 0. The monoisotopic (exact) mass is 714 g/mol. The summed E-state index contributed by atoms with van der Waals surface area (Å²) in [5, 5.41) is 7.49. The van der Waals surface area contributed by atoms with E-state index in [-0.39, 0.29) is 0 Å². The number of benzene rings is 10. The lowest BCUT2D eigenvalue weighted by Crippen LogP contribution is -2.09. The highest BCUT2D eigenvalue weighted by molar-refractivity contribution is 6.27. The van der Waals surface area contributed by atoms with Crippen LogP contribution in [0, 0.1) is 0 Å². The van der Waals surface area contributed by atoms with Crippen LogP contribution in [0.3, 0.4) is 0 Å². The van der Waals surface area contributed by atoms with Gasteiger partial charge >= 0.3 is 0 Å². The smallest absolute Gasteiger partial charge is 0.0462 e. The summed E-state index contributed by atoms with van der Waals surface area (Å²) >= 11 is 0. The third-order valence-corrected chi connectivity index (χ3v) is 10.8. The molecule has 0 heterocycles. The molecule has 264 valence electrons. The number of hydrogen-bond donors (Lipinski definition) is 0. The molecule has 0 aliphatic carbocycles. The fourth-order valence-corrected chi connectivity index (χ4v) is 8.22. The molecule has 2 nitrogen and oxygen atoms in total. The van der Waals surface area contributed by atoms with E-state index in [1.165, 1.54) is 54.6 Å². The van der Waals surface area contributed by atoms with Gasteiger partial charge in [-0.3, -0.25) is 0 Å². The van der Waals surface area contributed by atoms with E-state index < -0.39 is 0 Å². The van der Waals surface area contributed by atoms with E-state index in [1.807, 2.05) is 0 Å². The lowest BCUT2D eigenvalue weighted by molar-refractivity contribution is 1.28. The van der Waals surface area contributed by atoms with Crippen LogP contribution in [-0.2, 0) is 0 Å². The summed E-state index contributed by atoms with van der Waals surface area (Å²) in [5.41, 5.74) is 11.5. The Balaban J connectivity index is 1.15. The first-order valence-electron chi connectivity index (χ1n) is 19.2. The molecule has 0 amide bonds. The van der Waals surface area contributed by atoms with Gasteiger partial charge in [-0.05, 0) is 140 Å². The molecular weight excluding hydrogens is 677 g/mol. The maximum Gasteiger partial charge on any atom is 0.0462 e. The quantitative estimate of drug-likeness (QED) is 0.145. The lowest BCUT2D eigenvalue weighted by atomic mass is 9.85. The number of nitrogens with zero attached hydrogens (tertiary/aromatic N) is 2. The molecule has 0 saturated carbocycles. The molecule has 0 fully saturated rings. The molecule has 0 radical (unpaired) electrons. The summed E-state index contributed by atoms with van der Waals surface area (Å²) in [6.45, 7) is 0. The minimum absolute atomic E-state index is 1.11. The molecule has 0 spiro atoms. The number of para-hydroxylation sites is 4. The molecule has 0 saturated heterocycles. The number of fused-ring (bicyclic) bond motifs is 5. The summed E-state index contributed by atoms with van der Waals surface area (Å²) in [7, 11) is 0. The fourth-order valence-electron chi connectivity index (χ4n) is 8.22. The van der Waals surface area contributed by atoms with Gasteiger partial charge in [0.1, 0.15) is 0 Å². The van der Waals surface area contributed by atoms with Crippen LogP contribution < -0.4 is 9.80 Å². The van der Waals surface area contributed by atoms with Crippen LogP contribution in [0.25, 0.3) is 54.6 Å². The molecule has 0 aliphatic rings. The van der Waals surface area contributed by atoms with Crippen LogP contribution >= 0.6 is 0 Å². The van der Waals surface area contributed by atoms with Crippen molar-refractivity contribution in [3.63, 3.8) is 0 Å². The third-order valence-electron chi connectivity index (χ3n) is 10.8. The Morgan fingerprint density at radius 1 is 0.232 bits per heavy atom. The van der Waals surface area contributed by atoms with Gasteiger partial charge in [0.2, 0.25) is 0 Å². The Bertz CT molecular complexity index is 2640. The predicted molar refractivity (Wildman–Crippen MR) is 239 cm³/mol. The number of rotatable bonds is 8. The van der Waals surface area contributed by atoms with Gasteiger partial charge in [-0.15, -0.1) is 0 Å². The normalized spacial score (nSPS) is 11.2. The minimum atomic E-state index is 1.11. The van der Waals surface area contributed by atoms with E-state index >= 15 is 0 Å². The standard InChI is InChI=1S/C54H38N2/c1-5-19-43(20-6-1)55(44-21-7-2-8-22-44)47-33-29-39(30-34-47)51-37-41-17-13-16-28-50(41)54-52(38-42-18-14-15-27-49(42)53(51)54)40-31-35-48(36-32-40)56(45-23-9-3-10-24-45)46-25-11-4-12-26-46/h1-38H. The molecule has 0 unspecified atom stereocenters. The van der Waals surface area contributed by atoms with E-state index in [0.29, 0.717) is 0 Å². The Labute approximate surface area is 327 Å². The van der Waals surface area contributed by atoms with Crippen LogP contribution in [-0.4, -0.2) is 0 Å². The van der Waals surface area contributed by atoms with Crippen LogP contribution in [0.2, 0.25) is 0 Å². The van der Waals surface area contributed by atoms with Crippen LogP contribution in [0.15, 0.2) is 231 Å². The van der Waals surface area contributed by atoms with Gasteiger partial charge in [0.05, 0.1) is 0 Å². The summed E-state index contributed by atoms with van der Waals surface area (Å²) in [6.07, 6.45) is 0. The average Bonchev–Trinajstić information content (AvgIpc) is 3.28. The topological polar surface area (TPSA) is 6.48 Å². The Morgan fingerprint density at radius 2 is 0.500 bits per heavy atom. The Morgan fingerprint density at radius 3 is 0.821 bits per heavy atom. The van der Waals surface area contributed by atoms with Gasteiger partial charge in [0.15, 0.2) is 0 Å². The SMILES string of the molecule is c1ccc(N(c2ccccc2)c2ccc(-c3cc4ccccc4c4c(-c5ccc(N(c6ccccc6)c6ccccc6)cc5)cc5ccccc5c34)cc2)cc1. The van der Waals surface area contributed by atoms with Crippen molar-refractivity contribution < 1.29 is 0 Å². The minimum Gasteiger partial charge on any atom is -0.311 e. The van der Waals surface area contributed by atoms with E-state index in [1.54, 1.807) is 0 Å². The Kier molecular flexibility index (Phi) is 8.55. The van der Waals surface area contributed by atoms with Crippen LogP contribution in [0.4, 0.5) is 34.1 Å². The zero-order valence-electron chi connectivity index (χ0n) is 30.8. The van der Waals surface area contributed by atoms with Gasteiger partial charge in [-0.25, -0.2) is 0 Å². The molecule has 0 bridgehead atoms. The van der Waals surface area contributed by atoms with Crippen molar-refractivity contribution >= 4 is 66.4 Å². The summed E-state index contributed by atoms with van der Waals surface area (Å²) in [4.78, 5) is 4.63. The third kappa shape index (κ3) is 6.04. The van der Waals surface area contributed by atoms with Crippen molar-refractivity contribution in [2.24, 2.45) is 0 Å². The molecule has 0 atom stereocenters. The highest BCUT2D eigenvalue weighted by Crippen LogP contribution is 2.46. The fraction of sp³-hybridized carbons (Fsp3) is 0. The lowest BCUT2D eigenvalue weighted by Gasteiger charge is -2.26. The highest BCUT2D eigenvalue weighted by atomic mass is 15.1. The van der Waals surface area contributed by atoms with Crippen molar-refractivity contribution in [1.29, 1.82) is 0 Å². The molecule has 2 heteroatoms. The van der Waals surface area contributed by atoms with E-state index in [2.05, 4.69) is 240 Å². The van der Waals surface area contributed by atoms with Crippen molar-refractivity contribution in [2.45, 2.75) is 0 Å². The van der Waals surface area contributed by atoms with Gasteiger partial charge in [0, 0.05) is 34.1 Å². The molecule has 56 heavy (non-hydrogen) atoms. The van der Waals surface area contributed by atoms with Gasteiger partial charge in [-0.1, -0.05) is 146 Å². The first-order chi connectivity index (χ1) is 27.8. The first kappa shape index (κ1) is 33.2. The Hall–Kier alpha value is -7.42. The van der Waals surface area contributed by atoms with Crippen molar-refractivity contribution in [1.82, 2.24) is 0 Å².